The van der Waals surface area contributed by atoms with Crippen LogP contribution < -0.4 is 15.0 Å². The lowest BCUT2D eigenvalue weighted by Gasteiger charge is -2.15. The number of carbonyl (C=O) groups is 2. The van der Waals surface area contributed by atoms with E-state index in [4.69, 9.17) is 4.74 Å². The van der Waals surface area contributed by atoms with Gasteiger partial charge in [-0.25, -0.2) is 14.7 Å². The second kappa shape index (κ2) is 5.28. The van der Waals surface area contributed by atoms with E-state index in [1.54, 1.807) is 38.1 Å². The van der Waals surface area contributed by atoms with E-state index in [9.17, 15) is 14.7 Å². The predicted molar refractivity (Wildman–Crippen MR) is 82.5 cm³/mol. The normalized spacial score (nSPS) is 16.3. The number of nitrogens with zero attached hydrogens (tertiary/aromatic N) is 2. The summed E-state index contributed by atoms with van der Waals surface area (Å²) in [5.74, 6) is 0.457. The van der Waals surface area contributed by atoms with Gasteiger partial charge in [-0.1, -0.05) is 6.07 Å². The van der Waals surface area contributed by atoms with Crippen LogP contribution in [0.1, 0.15) is 13.8 Å². The molecule has 7 heteroatoms. The number of anilines is 1. The third kappa shape index (κ3) is 2.80. The molecule has 2 N–H and O–H groups in total. The fraction of sp³-hybridized carbons (Fsp3) is 0.188. The number of amides is 3. The van der Waals surface area contributed by atoms with Gasteiger partial charge in [0.05, 0.1) is 11.9 Å². The van der Waals surface area contributed by atoms with Crippen LogP contribution in [0, 0.1) is 0 Å². The molecule has 0 atom stereocenters. The maximum atomic E-state index is 12.2. The molecule has 1 aliphatic heterocycles. The van der Waals surface area contributed by atoms with E-state index < -0.39 is 11.6 Å². The summed E-state index contributed by atoms with van der Waals surface area (Å²) in [6.07, 6.45) is 1.39. The van der Waals surface area contributed by atoms with Gasteiger partial charge in [-0.15, -0.1) is 0 Å². The molecule has 0 spiro atoms. The average Bonchev–Trinajstić information content (AvgIpc) is 2.68. The summed E-state index contributed by atoms with van der Waals surface area (Å²) < 4.78 is 5.50. The van der Waals surface area contributed by atoms with Crippen molar-refractivity contribution in [2.24, 2.45) is 0 Å². The Kier molecular flexibility index (Phi) is 3.40. The number of phenolic OH excluding ortho intramolecular Hbond substituents is 1. The highest BCUT2D eigenvalue weighted by Gasteiger charge is 2.45. The van der Waals surface area contributed by atoms with Crippen molar-refractivity contribution in [3.05, 3.63) is 42.6 Å². The summed E-state index contributed by atoms with van der Waals surface area (Å²) in [7, 11) is 0. The summed E-state index contributed by atoms with van der Waals surface area (Å²) in [5, 5.41) is 12.0. The Morgan fingerprint density at radius 3 is 2.57 bits per heavy atom. The summed E-state index contributed by atoms with van der Waals surface area (Å²) in [6.45, 7) is 3.28. The van der Waals surface area contributed by atoms with Gasteiger partial charge in [0.2, 0.25) is 5.88 Å². The zero-order valence-electron chi connectivity index (χ0n) is 12.6. The molecule has 118 valence electrons. The molecule has 1 aromatic heterocycles. The van der Waals surface area contributed by atoms with Crippen LogP contribution in [0.25, 0.3) is 0 Å². The van der Waals surface area contributed by atoms with Gasteiger partial charge in [-0.05, 0) is 32.0 Å². The van der Waals surface area contributed by atoms with Crippen LogP contribution in [0.4, 0.5) is 10.5 Å². The minimum atomic E-state index is -0.937. The van der Waals surface area contributed by atoms with Crippen molar-refractivity contribution in [2.75, 3.05) is 4.90 Å². The van der Waals surface area contributed by atoms with Crippen molar-refractivity contribution in [3.63, 3.8) is 0 Å². The lowest BCUT2D eigenvalue weighted by Crippen LogP contribution is -2.40. The molecule has 0 bridgehead atoms. The van der Waals surface area contributed by atoms with E-state index in [1.807, 2.05) is 0 Å². The maximum absolute atomic E-state index is 12.2. The molecule has 1 aliphatic rings. The van der Waals surface area contributed by atoms with Crippen molar-refractivity contribution < 1.29 is 19.4 Å². The van der Waals surface area contributed by atoms with Crippen LogP contribution in [0.5, 0.6) is 17.4 Å². The van der Waals surface area contributed by atoms with Gasteiger partial charge in [0.25, 0.3) is 5.91 Å². The minimum absolute atomic E-state index is 0.0840. The number of urea groups is 1. The quantitative estimate of drug-likeness (QED) is 0.849. The molecule has 2 heterocycles. The van der Waals surface area contributed by atoms with Crippen molar-refractivity contribution >= 4 is 17.6 Å². The molecule has 0 radical (unpaired) electrons. The Balaban J connectivity index is 1.80. The molecular formula is C16H15N3O4. The van der Waals surface area contributed by atoms with E-state index in [2.05, 4.69) is 10.3 Å². The van der Waals surface area contributed by atoms with Crippen LogP contribution in [0.15, 0.2) is 42.6 Å². The second-order valence-electron chi connectivity index (χ2n) is 5.65. The summed E-state index contributed by atoms with van der Waals surface area (Å²) >= 11 is 0. The fourth-order valence-corrected chi connectivity index (χ4v) is 2.22. The standard InChI is InChI=1S/C16H15N3O4/c1-16(2)14(21)19(15(22)18-16)10-6-7-13(17-9-10)23-12-5-3-4-11(20)8-12/h3-9,20H,1-2H3,(H,18,22). The molecule has 0 unspecified atom stereocenters. The molecule has 0 saturated carbocycles. The minimum Gasteiger partial charge on any atom is -0.508 e. The molecule has 3 amide bonds. The number of aromatic nitrogens is 1. The van der Waals surface area contributed by atoms with Crippen molar-refractivity contribution in [1.82, 2.24) is 10.3 Å². The van der Waals surface area contributed by atoms with Crippen LogP contribution in [-0.2, 0) is 4.79 Å². The smallest absolute Gasteiger partial charge is 0.329 e. The van der Waals surface area contributed by atoms with Crippen molar-refractivity contribution in [2.45, 2.75) is 19.4 Å². The van der Waals surface area contributed by atoms with Gasteiger partial charge in [-0.2, -0.15) is 0 Å². The number of aromatic hydroxyl groups is 1. The first-order valence-electron chi connectivity index (χ1n) is 6.96. The first-order valence-corrected chi connectivity index (χ1v) is 6.96. The van der Waals surface area contributed by atoms with Crippen molar-refractivity contribution in [1.29, 1.82) is 0 Å². The Hall–Kier alpha value is -3.09. The Bertz CT molecular complexity index is 771. The number of benzene rings is 1. The lowest BCUT2D eigenvalue weighted by molar-refractivity contribution is -0.121. The molecule has 1 fully saturated rings. The van der Waals surface area contributed by atoms with Crippen LogP contribution in [-0.4, -0.2) is 27.6 Å². The summed E-state index contributed by atoms with van der Waals surface area (Å²) in [6, 6.07) is 8.94. The SMILES string of the molecule is CC1(C)NC(=O)N(c2ccc(Oc3cccc(O)c3)nc2)C1=O. The molecule has 0 aliphatic carbocycles. The molecular weight excluding hydrogens is 298 g/mol. The van der Waals surface area contributed by atoms with Gasteiger partial charge >= 0.3 is 6.03 Å². The average molecular weight is 313 g/mol. The number of hydrogen-bond donors (Lipinski definition) is 2. The van der Waals surface area contributed by atoms with Crippen LogP contribution in [0.3, 0.4) is 0 Å². The largest absolute Gasteiger partial charge is 0.508 e. The highest BCUT2D eigenvalue weighted by Crippen LogP contribution is 2.27. The number of imide groups is 1. The first-order chi connectivity index (χ1) is 10.9. The molecule has 3 rings (SSSR count). The van der Waals surface area contributed by atoms with Crippen LogP contribution >= 0.6 is 0 Å². The van der Waals surface area contributed by atoms with Crippen LogP contribution in [0.2, 0.25) is 0 Å². The van der Waals surface area contributed by atoms with E-state index in [1.165, 1.54) is 18.3 Å². The van der Waals surface area contributed by atoms with Gasteiger partial charge in [0.15, 0.2) is 0 Å². The van der Waals surface area contributed by atoms with Gasteiger partial charge in [0, 0.05) is 12.1 Å². The van der Waals surface area contributed by atoms with Gasteiger partial charge in [0.1, 0.15) is 17.0 Å². The molecule has 1 aromatic carbocycles. The Labute approximate surface area is 132 Å². The Morgan fingerprint density at radius 1 is 1.22 bits per heavy atom. The van der Waals surface area contributed by atoms with E-state index in [0.29, 0.717) is 11.4 Å². The molecule has 2 aromatic rings. The van der Waals surface area contributed by atoms with E-state index in [0.717, 1.165) is 4.90 Å². The molecule has 1 saturated heterocycles. The van der Waals surface area contributed by atoms with Gasteiger partial charge < -0.3 is 15.2 Å². The molecule has 7 nitrogen and oxygen atoms in total. The lowest BCUT2D eigenvalue weighted by atomic mass is 10.1. The summed E-state index contributed by atoms with van der Waals surface area (Å²) in [4.78, 5) is 29.3. The number of ether oxygens (including phenoxy) is 1. The number of carbonyl (C=O) groups excluding carboxylic acids is 2. The number of phenols is 1. The monoisotopic (exact) mass is 313 g/mol. The fourth-order valence-electron chi connectivity index (χ4n) is 2.22. The van der Waals surface area contributed by atoms with E-state index in [-0.39, 0.29) is 17.5 Å². The zero-order valence-corrected chi connectivity index (χ0v) is 12.6. The Morgan fingerprint density at radius 2 is 2.00 bits per heavy atom. The zero-order chi connectivity index (χ0) is 16.6. The third-order valence-electron chi connectivity index (χ3n) is 3.38. The van der Waals surface area contributed by atoms with E-state index >= 15 is 0 Å². The second-order valence-corrected chi connectivity index (χ2v) is 5.65. The molecule has 23 heavy (non-hydrogen) atoms. The number of nitrogens with one attached hydrogen (secondary N) is 1. The van der Waals surface area contributed by atoms with Crippen molar-refractivity contribution in [3.8, 4) is 17.4 Å². The van der Waals surface area contributed by atoms with Gasteiger partial charge in [-0.3, -0.25) is 4.79 Å². The number of pyridine rings is 1. The maximum Gasteiger partial charge on any atom is 0.329 e. The topological polar surface area (TPSA) is 91.8 Å². The highest BCUT2D eigenvalue weighted by molar-refractivity contribution is 6.22. The third-order valence-corrected chi connectivity index (χ3v) is 3.38. The highest BCUT2D eigenvalue weighted by atomic mass is 16.5. The number of rotatable bonds is 3. The number of hydrogen-bond acceptors (Lipinski definition) is 5. The summed E-state index contributed by atoms with van der Waals surface area (Å²) in [5.41, 5.74) is -0.574. The predicted octanol–water partition coefficient (Wildman–Crippen LogP) is 2.41. The first kappa shape index (κ1) is 14.8.